The quantitative estimate of drug-likeness (QED) is 0.615. The van der Waals surface area contributed by atoms with E-state index in [9.17, 15) is 21.6 Å². The molecule has 176 valence electrons. The van der Waals surface area contributed by atoms with Crippen LogP contribution in [-0.4, -0.2) is 52.3 Å². The summed E-state index contributed by atoms with van der Waals surface area (Å²) in [4.78, 5) is 2.24. The van der Waals surface area contributed by atoms with Gasteiger partial charge in [-0.2, -0.15) is 12.7 Å². The van der Waals surface area contributed by atoms with Crippen LogP contribution < -0.4 is 19.7 Å². The van der Waals surface area contributed by atoms with Crippen molar-refractivity contribution in [3.8, 4) is 5.75 Å². The van der Waals surface area contributed by atoms with E-state index in [0.29, 0.717) is 18.3 Å². The first kappa shape index (κ1) is 24.1. The molecule has 0 amide bonds. The third kappa shape index (κ3) is 7.01. The Balaban J connectivity index is 1.45. The maximum absolute atomic E-state index is 12.2. The lowest BCUT2D eigenvalue weighted by Crippen LogP contribution is -2.42. The average Bonchev–Trinajstić information content (AvgIpc) is 2.73. The summed E-state index contributed by atoms with van der Waals surface area (Å²) in [7, 11) is -0.602. The average molecular weight is 473 g/mol. The number of rotatable bonds is 8. The number of nitrogens with one attached hydrogen (secondary N) is 2. The van der Waals surface area contributed by atoms with E-state index in [1.807, 2.05) is 12.1 Å². The van der Waals surface area contributed by atoms with Crippen LogP contribution in [0, 0.1) is 0 Å². The summed E-state index contributed by atoms with van der Waals surface area (Å²) >= 11 is 0. The van der Waals surface area contributed by atoms with Crippen molar-refractivity contribution in [2.75, 3.05) is 36.8 Å². The number of piperidine rings is 1. The molecule has 32 heavy (non-hydrogen) atoms. The fraction of sp³-hybridized carbons (Fsp3) is 0.429. The standard InChI is InChI=1S/C21H27F3N4O3S/c1-27(2)32(29,30)26-18-5-7-19(8-6-18)28-13-11-17(12-14-28)25-15-16-3-9-20(10-4-16)31-21(22,23)24/h3-10,17,25-26H,11-15H2,1-2H3. The predicted molar refractivity (Wildman–Crippen MR) is 118 cm³/mol. The van der Waals surface area contributed by atoms with Crippen molar-refractivity contribution in [3.63, 3.8) is 0 Å². The molecule has 0 bridgehead atoms. The zero-order valence-corrected chi connectivity index (χ0v) is 18.7. The number of benzene rings is 2. The Hall–Kier alpha value is -2.50. The van der Waals surface area contributed by atoms with E-state index >= 15 is 0 Å². The molecule has 0 unspecified atom stereocenters. The van der Waals surface area contributed by atoms with Gasteiger partial charge in [0, 0.05) is 51.1 Å². The molecule has 2 N–H and O–H groups in total. The third-order valence-electron chi connectivity index (χ3n) is 5.21. The zero-order valence-electron chi connectivity index (χ0n) is 17.9. The van der Waals surface area contributed by atoms with Crippen LogP contribution in [0.15, 0.2) is 48.5 Å². The monoisotopic (exact) mass is 472 g/mol. The maximum Gasteiger partial charge on any atom is 0.573 e. The second-order valence-corrected chi connectivity index (χ2v) is 9.65. The molecule has 0 saturated carbocycles. The van der Waals surface area contributed by atoms with Crippen LogP contribution in [0.3, 0.4) is 0 Å². The Kier molecular flexibility index (Phi) is 7.52. The van der Waals surface area contributed by atoms with Gasteiger partial charge in [-0.3, -0.25) is 4.72 Å². The SMILES string of the molecule is CN(C)S(=O)(=O)Nc1ccc(N2CCC(NCc3ccc(OC(F)(F)F)cc3)CC2)cc1. The molecule has 3 rings (SSSR count). The second kappa shape index (κ2) is 9.97. The normalized spacial score (nSPS) is 15.8. The first-order valence-electron chi connectivity index (χ1n) is 10.2. The fourth-order valence-corrected chi connectivity index (χ4v) is 4.01. The number of nitrogens with zero attached hydrogens (tertiary/aromatic N) is 2. The van der Waals surface area contributed by atoms with Crippen LogP contribution >= 0.6 is 0 Å². The Morgan fingerprint density at radius 2 is 1.62 bits per heavy atom. The van der Waals surface area contributed by atoms with Crippen LogP contribution in [0.4, 0.5) is 24.5 Å². The van der Waals surface area contributed by atoms with E-state index < -0.39 is 16.6 Å². The summed E-state index contributed by atoms with van der Waals surface area (Å²) in [6.07, 6.45) is -2.84. The van der Waals surface area contributed by atoms with Gasteiger partial charge in [-0.25, -0.2) is 0 Å². The summed E-state index contributed by atoms with van der Waals surface area (Å²) in [6.45, 7) is 2.26. The van der Waals surface area contributed by atoms with Crippen LogP contribution in [-0.2, 0) is 16.8 Å². The van der Waals surface area contributed by atoms with E-state index in [4.69, 9.17) is 0 Å². The highest BCUT2D eigenvalue weighted by atomic mass is 32.2. The van der Waals surface area contributed by atoms with Gasteiger partial charge in [0.15, 0.2) is 0 Å². The molecule has 7 nitrogen and oxygen atoms in total. The number of anilines is 2. The number of alkyl halides is 3. The molecule has 0 radical (unpaired) electrons. The molecule has 1 fully saturated rings. The van der Waals surface area contributed by atoms with E-state index in [-0.39, 0.29) is 5.75 Å². The highest BCUT2D eigenvalue weighted by Crippen LogP contribution is 2.24. The highest BCUT2D eigenvalue weighted by Gasteiger charge is 2.31. The summed E-state index contributed by atoms with van der Waals surface area (Å²) in [6, 6.07) is 13.5. The number of ether oxygens (including phenoxy) is 1. The van der Waals surface area contributed by atoms with Gasteiger partial charge in [0.25, 0.3) is 0 Å². The predicted octanol–water partition coefficient (Wildman–Crippen LogP) is 3.56. The van der Waals surface area contributed by atoms with Crippen molar-refractivity contribution in [1.82, 2.24) is 9.62 Å². The van der Waals surface area contributed by atoms with Gasteiger partial charge < -0.3 is 15.0 Å². The lowest BCUT2D eigenvalue weighted by molar-refractivity contribution is -0.274. The molecule has 2 aromatic carbocycles. The van der Waals surface area contributed by atoms with Crippen molar-refractivity contribution >= 4 is 21.6 Å². The fourth-order valence-electron chi connectivity index (χ4n) is 3.39. The minimum Gasteiger partial charge on any atom is -0.406 e. The largest absolute Gasteiger partial charge is 0.573 e. The van der Waals surface area contributed by atoms with Gasteiger partial charge in [-0.15, -0.1) is 13.2 Å². The van der Waals surface area contributed by atoms with Gasteiger partial charge >= 0.3 is 16.6 Å². The summed E-state index contributed by atoms with van der Waals surface area (Å²) in [5.41, 5.74) is 2.42. The molecule has 0 aliphatic carbocycles. The maximum atomic E-state index is 12.2. The van der Waals surface area contributed by atoms with Gasteiger partial charge in [0.05, 0.1) is 0 Å². The first-order valence-corrected chi connectivity index (χ1v) is 11.6. The van der Waals surface area contributed by atoms with E-state index in [1.165, 1.54) is 26.2 Å². The third-order valence-corrected chi connectivity index (χ3v) is 6.66. The van der Waals surface area contributed by atoms with Gasteiger partial charge in [0.2, 0.25) is 0 Å². The lowest BCUT2D eigenvalue weighted by atomic mass is 10.0. The minimum absolute atomic E-state index is 0.227. The Bertz CT molecular complexity index is 973. The summed E-state index contributed by atoms with van der Waals surface area (Å²) in [5.74, 6) is -0.227. The molecule has 1 heterocycles. The Labute approximate surface area is 186 Å². The molecule has 0 spiro atoms. The van der Waals surface area contributed by atoms with E-state index in [2.05, 4.69) is 19.7 Å². The minimum atomic E-state index is -4.69. The topological polar surface area (TPSA) is 73.9 Å². The second-order valence-electron chi connectivity index (χ2n) is 7.77. The van der Waals surface area contributed by atoms with Gasteiger partial charge in [0.1, 0.15) is 5.75 Å². The number of halogens is 3. The summed E-state index contributed by atoms with van der Waals surface area (Å²) in [5, 5.41) is 3.45. The molecule has 1 saturated heterocycles. The van der Waals surface area contributed by atoms with Crippen LogP contribution in [0.2, 0.25) is 0 Å². The number of hydrogen-bond donors (Lipinski definition) is 2. The molecule has 0 aromatic heterocycles. The van der Waals surface area contributed by atoms with Gasteiger partial charge in [-0.05, 0) is 54.8 Å². The van der Waals surface area contributed by atoms with Crippen molar-refractivity contribution in [2.24, 2.45) is 0 Å². The number of hydrogen-bond acceptors (Lipinski definition) is 5. The summed E-state index contributed by atoms with van der Waals surface area (Å²) < 4.78 is 68.0. The van der Waals surface area contributed by atoms with Crippen LogP contribution in [0.5, 0.6) is 5.75 Å². The molecule has 1 aliphatic heterocycles. The van der Waals surface area contributed by atoms with Crippen LogP contribution in [0.1, 0.15) is 18.4 Å². The Morgan fingerprint density at radius 3 is 2.16 bits per heavy atom. The molecular formula is C21H27F3N4O3S. The molecule has 0 atom stereocenters. The molecule has 1 aliphatic rings. The van der Waals surface area contributed by atoms with Gasteiger partial charge in [-0.1, -0.05) is 12.1 Å². The van der Waals surface area contributed by atoms with E-state index in [0.717, 1.165) is 41.5 Å². The van der Waals surface area contributed by atoms with Crippen LogP contribution in [0.25, 0.3) is 0 Å². The van der Waals surface area contributed by atoms with Crippen molar-refractivity contribution in [1.29, 1.82) is 0 Å². The molecule has 2 aromatic rings. The Morgan fingerprint density at radius 1 is 1.03 bits per heavy atom. The molecule has 11 heteroatoms. The molecular weight excluding hydrogens is 445 g/mol. The van der Waals surface area contributed by atoms with Crippen molar-refractivity contribution in [2.45, 2.75) is 31.8 Å². The highest BCUT2D eigenvalue weighted by molar-refractivity contribution is 7.90. The first-order chi connectivity index (χ1) is 15.0. The van der Waals surface area contributed by atoms with E-state index in [1.54, 1.807) is 24.3 Å². The zero-order chi connectivity index (χ0) is 23.4. The van der Waals surface area contributed by atoms with Crippen molar-refractivity contribution < 1.29 is 26.3 Å². The van der Waals surface area contributed by atoms with Crippen molar-refractivity contribution in [3.05, 3.63) is 54.1 Å². The lowest BCUT2D eigenvalue weighted by Gasteiger charge is -2.34. The smallest absolute Gasteiger partial charge is 0.406 e.